The minimum Gasteiger partial charge on any atom is -0.468 e. The summed E-state index contributed by atoms with van der Waals surface area (Å²) in [5.74, 6) is 1.65. The molecule has 4 saturated carbocycles. The van der Waals surface area contributed by atoms with Crippen molar-refractivity contribution in [3.63, 3.8) is 0 Å². The molecule has 9 nitrogen and oxygen atoms in total. The van der Waals surface area contributed by atoms with Crippen LogP contribution in [-0.2, 0) is 29.8 Å². The Kier molecular flexibility index (Phi) is 7.03. The first-order chi connectivity index (χ1) is 17.1. The summed E-state index contributed by atoms with van der Waals surface area (Å²) in [7, 11) is -2.39. The van der Waals surface area contributed by atoms with Crippen LogP contribution in [0, 0.1) is 17.8 Å². The van der Waals surface area contributed by atoms with Crippen LogP contribution in [0.5, 0.6) is 0 Å². The lowest BCUT2D eigenvalue weighted by molar-refractivity contribution is -0.137. The first-order valence-electron chi connectivity index (χ1n) is 12.0. The Balaban J connectivity index is 1.26. The molecular weight excluding hydrogens is 520 g/mol. The van der Waals surface area contributed by atoms with Crippen LogP contribution in [-0.4, -0.2) is 56.2 Å². The average molecular weight is 551 g/mol. The third kappa shape index (κ3) is 5.40. The van der Waals surface area contributed by atoms with E-state index in [-0.39, 0.29) is 22.8 Å². The fourth-order valence-corrected chi connectivity index (χ4v) is 9.09. The molecule has 1 aromatic heterocycles. The van der Waals surface area contributed by atoms with E-state index in [1.165, 1.54) is 51.2 Å². The Morgan fingerprint density at radius 3 is 2.28 bits per heavy atom. The van der Waals surface area contributed by atoms with E-state index in [0.717, 1.165) is 51.4 Å². The molecular formula is C24H30N4O5S3. The number of carbonyl (C=O) groups excluding carboxylic acids is 2. The Morgan fingerprint density at radius 2 is 1.72 bits per heavy atom. The zero-order valence-electron chi connectivity index (χ0n) is 20.3. The van der Waals surface area contributed by atoms with Crippen LogP contribution in [0.1, 0.15) is 44.1 Å². The van der Waals surface area contributed by atoms with Gasteiger partial charge in [0.15, 0.2) is 4.34 Å². The van der Waals surface area contributed by atoms with Crippen LogP contribution < -0.4 is 9.62 Å². The van der Waals surface area contributed by atoms with Crippen LogP contribution in [0.2, 0.25) is 0 Å². The highest BCUT2D eigenvalue weighted by Gasteiger charge is 2.51. The van der Waals surface area contributed by atoms with Gasteiger partial charge in [0.2, 0.25) is 21.1 Å². The third-order valence-corrected chi connectivity index (χ3v) is 10.8. The van der Waals surface area contributed by atoms with Gasteiger partial charge in [0.1, 0.15) is 6.54 Å². The molecule has 0 spiro atoms. The minimum absolute atomic E-state index is 0.0835. The van der Waals surface area contributed by atoms with E-state index in [1.807, 2.05) is 12.1 Å². The second-order valence-corrected chi connectivity index (χ2v) is 14.4. The fourth-order valence-electron chi connectivity index (χ4n) is 6.63. The molecule has 0 unspecified atom stereocenters. The number of ether oxygens (including phenoxy) is 1. The van der Waals surface area contributed by atoms with Crippen molar-refractivity contribution < 1.29 is 22.7 Å². The van der Waals surface area contributed by atoms with Crippen molar-refractivity contribution in [2.75, 3.05) is 35.3 Å². The first-order valence-corrected chi connectivity index (χ1v) is 15.7. The van der Waals surface area contributed by atoms with Crippen molar-refractivity contribution in [1.82, 2.24) is 10.2 Å². The van der Waals surface area contributed by atoms with Crippen LogP contribution in [0.25, 0.3) is 0 Å². The molecule has 6 rings (SSSR count). The molecule has 1 aromatic carbocycles. The molecule has 36 heavy (non-hydrogen) atoms. The second-order valence-electron chi connectivity index (χ2n) is 10.3. The summed E-state index contributed by atoms with van der Waals surface area (Å²) in [4.78, 5) is 24.0. The molecule has 0 radical (unpaired) electrons. The van der Waals surface area contributed by atoms with Gasteiger partial charge < -0.3 is 4.74 Å². The smallest absolute Gasteiger partial charge is 0.316 e. The van der Waals surface area contributed by atoms with Gasteiger partial charge >= 0.3 is 5.97 Å². The molecule has 0 atom stereocenters. The Morgan fingerprint density at radius 1 is 1.11 bits per heavy atom. The van der Waals surface area contributed by atoms with Crippen LogP contribution >= 0.6 is 23.1 Å². The molecule has 4 bridgehead atoms. The van der Waals surface area contributed by atoms with Crippen molar-refractivity contribution >= 4 is 55.8 Å². The number of rotatable bonds is 9. The largest absolute Gasteiger partial charge is 0.468 e. The quantitative estimate of drug-likeness (QED) is 0.285. The van der Waals surface area contributed by atoms with Gasteiger partial charge in [-0.05, 0) is 79.4 Å². The number of aromatic nitrogens is 2. The van der Waals surface area contributed by atoms with Crippen molar-refractivity contribution in [1.29, 1.82) is 0 Å². The van der Waals surface area contributed by atoms with Crippen molar-refractivity contribution in [2.24, 2.45) is 17.8 Å². The van der Waals surface area contributed by atoms with E-state index in [9.17, 15) is 18.0 Å². The summed E-state index contributed by atoms with van der Waals surface area (Å²) >= 11 is 2.26. The zero-order chi connectivity index (χ0) is 25.5. The number of amides is 1. The van der Waals surface area contributed by atoms with E-state index in [4.69, 9.17) is 0 Å². The maximum Gasteiger partial charge on any atom is 0.316 e. The maximum absolute atomic E-state index is 12.7. The standard InChI is InChI=1S/C24H30N4O5S3/c1-33-21(30)14-34-23-27-26-22(35-23)25-20(29)13-28(36(2,31)32)19-5-3-18(4-6-19)24-10-15-7-16(11-24)9-17(8-15)12-24/h3-6,15-17H,7-14H2,1-2H3,(H,25,26,29). The Labute approximate surface area is 219 Å². The van der Waals surface area contributed by atoms with Crippen LogP contribution in [0.3, 0.4) is 0 Å². The number of anilines is 2. The van der Waals surface area contributed by atoms with Gasteiger partial charge in [-0.2, -0.15) is 0 Å². The van der Waals surface area contributed by atoms with E-state index in [0.29, 0.717) is 10.0 Å². The number of hydrogen-bond donors (Lipinski definition) is 1. The van der Waals surface area contributed by atoms with E-state index in [1.54, 1.807) is 0 Å². The normalized spacial score (nSPS) is 26.6. The third-order valence-electron chi connectivity index (χ3n) is 7.69. The van der Waals surface area contributed by atoms with Gasteiger partial charge in [0.25, 0.3) is 0 Å². The van der Waals surface area contributed by atoms with Crippen molar-refractivity contribution in [2.45, 2.75) is 48.3 Å². The number of sulfonamides is 1. The van der Waals surface area contributed by atoms with E-state index < -0.39 is 21.9 Å². The van der Waals surface area contributed by atoms with Gasteiger partial charge in [-0.3, -0.25) is 19.2 Å². The van der Waals surface area contributed by atoms with Gasteiger partial charge in [-0.15, -0.1) is 10.2 Å². The van der Waals surface area contributed by atoms with Gasteiger partial charge in [0, 0.05) is 0 Å². The predicted molar refractivity (Wildman–Crippen MR) is 140 cm³/mol. The molecule has 12 heteroatoms. The maximum atomic E-state index is 12.7. The predicted octanol–water partition coefficient (Wildman–Crippen LogP) is 3.68. The molecule has 0 aliphatic heterocycles. The molecule has 1 N–H and O–H groups in total. The Hall–Kier alpha value is -2.18. The molecule has 194 valence electrons. The highest BCUT2D eigenvalue weighted by molar-refractivity contribution is 8.01. The van der Waals surface area contributed by atoms with Crippen LogP contribution in [0.4, 0.5) is 10.8 Å². The molecule has 1 heterocycles. The van der Waals surface area contributed by atoms with E-state index in [2.05, 4.69) is 32.4 Å². The second kappa shape index (κ2) is 9.94. The van der Waals surface area contributed by atoms with Gasteiger partial charge in [0.05, 0.1) is 24.8 Å². The summed E-state index contributed by atoms with van der Waals surface area (Å²) in [5, 5.41) is 10.7. The van der Waals surface area contributed by atoms with E-state index >= 15 is 0 Å². The number of benzene rings is 1. The fraction of sp³-hybridized carbons (Fsp3) is 0.583. The Bertz CT molecular complexity index is 1210. The van der Waals surface area contributed by atoms with Crippen molar-refractivity contribution in [3.8, 4) is 0 Å². The number of hydrogen-bond acceptors (Lipinski definition) is 9. The lowest BCUT2D eigenvalue weighted by atomic mass is 9.48. The zero-order valence-corrected chi connectivity index (χ0v) is 22.8. The molecule has 0 saturated heterocycles. The summed E-state index contributed by atoms with van der Waals surface area (Å²) < 4.78 is 31.4. The number of thioether (sulfide) groups is 1. The van der Waals surface area contributed by atoms with Gasteiger partial charge in [-0.1, -0.05) is 35.2 Å². The minimum atomic E-state index is -3.69. The number of nitrogens with zero attached hydrogens (tertiary/aromatic N) is 3. The first kappa shape index (κ1) is 25.5. The number of nitrogens with one attached hydrogen (secondary N) is 1. The van der Waals surface area contributed by atoms with Gasteiger partial charge in [-0.25, -0.2) is 8.42 Å². The number of carbonyl (C=O) groups is 2. The lowest BCUT2D eigenvalue weighted by Crippen LogP contribution is -2.48. The number of esters is 1. The molecule has 4 aliphatic rings. The molecule has 4 aliphatic carbocycles. The average Bonchev–Trinajstić information content (AvgIpc) is 3.26. The van der Waals surface area contributed by atoms with Crippen LogP contribution in [0.15, 0.2) is 28.6 Å². The molecule has 1 amide bonds. The molecule has 2 aromatic rings. The SMILES string of the molecule is COC(=O)CSc1nnc(NC(=O)CN(c2ccc(C34CC5CC(CC(C5)C3)C4)cc2)S(C)(=O)=O)s1. The topological polar surface area (TPSA) is 119 Å². The van der Waals surface area contributed by atoms with Crippen molar-refractivity contribution in [3.05, 3.63) is 29.8 Å². The molecule has 4 fully saturated rings. The monoisotopic (exact) mass is 550 g/mol. The summed E-state index contributed by atoms with van der Waals surface area (Å²) in [6, 6.07) is 7.78. The summed E-state index contributed by atoms with van der Waals surface area (Å²) in [6.07, 6.45) is 8.91. The summed E-state index contributed by atoms with van der Waals surface area (Å²) in [5.41, 5.74) is 1.99. The highest BCUT2D eigenvalue weighted by atomic mass is 32.2. The summed E-state index contributed by atoms with van der Waals surface area (Å²) in [6.45, 7) is -0.375. The highest BCUT2D eigenvalue weighted by Crippen LogP contribution is 2.60. The number of methoxy groups -OCH3 is 1. The lowest BCUT2D eigenvalue weighted by Gasteiger charge is -2.57.